The lowest BCUT2D eigenvalue weighted by molar-refractivity contribution is -0.113. The molecule has 3 rings (SSSR count). The van der Waals surface area contributed by atoms with Gasteiger partial charge in [-0.3, -0.25) is 4.79 Å². The zero-order chi connectivity index (χ0) is 18.5. The molecule has 0 aliphatic rings. The predicted octanol–water partition coefficient (Wildman–Crippen LogP) is 4.04. The molecule has 1 heterocycles. The van der Waals surface area contributed by atoms with Crippen LogP contribution in [0.2, 0.25) is 0 Å². The van der Waals surface area contributed by atoms with Crippen molar-refractivity contribution in [3.63, 3.8) is 0 Å². The third-order valence-corrected chi connectivity index (χ3v) is 4.82. The lowest BCUT2D eigenvalue weighted by atomic mass is 10.0. The molecule has 0 saturated carbocycles. The van der Waals surface area contributed by atoms with Gasteiger partial charge in [-0.15, -0.1) is 17.8 Å². The Hall–Kier alpha value is -3.08. The molecule has 0 spiro atoms. The number of carbonyl (C=O) groups excluding carboxylic acids is 1. The number of rotatable bonds is 4. The molecule has 4 heteroatoms. The quantitative estimate of drug-likeness (QED) is 0.565. The van der Waals surface area contributed by atoms with Gasteiger partial charge in [0.15, 0.2) is 0 Å². The summed E-state index contributed by atoms with van der Waals surface area (Å²) in [7, 11) is 0. The van der Waals surface area contributed by atoms with Crippen molar-refractivity contribution in [2.45, 2.75) is 26.2 Å². The van der Waals surface area contributed by atoms with Crippen molar-refractivity contribution in [3.05, 3.63) is 58.1 Å². The Kier molecular flexibility index (Phi) is 5.37. The van der Waals surface area contributed by atoms with Crippen molar-refractivity contribution in [2.24, 2.45) is 0 Å². The van der Waals surface area contributed by atoms with Gasteiger partial charge in [0.25, 0.3) is 0 Å². The molecule has 0 aliphatic heterocycles. The minimum atomic E-state index is -0.177. The number of aromatic nitrogens is 1. The standard InChI is InChI=1S/C22H17NO2S/c1-3-19(24)11-10-17-8-4-6-16(12-17)7-5-9-18-13-20(25)22-21(14-18)26-15(2)23-22/h1,4,6,8,12-14,25H,7,10-11H2,2H3. The second-order valence-corrected chi connectivity index (χ2v) is 7.18. The number of nitrogens with zero attached hydrogens (tertiary/aromatic N) is 1. The first-order valence-corrected chi connectivity index (χ1v) is 9.03. The Morgan fingerprint density at radius 1 is 1.27 bits per heavy atom. The highest BCUT2D eigenvalue weighted by molar-refractivity contribution is 7.18. The molecule has 0 saturated heterocycles. The Bertz CT molecular complexity index is 1080. The molecule has 26 heavy (non-hydrogen) atoms. The smallest absolute Gasteiger partial charge is 0.205 e. The predicted molar refractivity (Wildman–Crippen MR) is 105 cm³/mol. The van der Waals surface area contributed by atoms with Crippen molar-refractivity contribution in [1.82, 2.24) is 4.98 Å². The first-order valence-electron chi connectivity index (χ1n) is 8.21. The van der Waals surface area contributed by atoms with E-state index in [9.17, 15) is 9.90 Å². The van der Waals surface area contributed by atoms with Crippen molar-refractivity contribution < 1.29 is 9.90 Å². The number of aromatic hydroxyl groups is 1. The summed E-state index contributed by atoms with van der Waals surface area (Å²) in [4.78, 5) is 15.6. The van der Waals surface area contributed by atoms with Gasteiger partial charge in [0.1, 0.15) is 11.3 Å². The summed E-state index contributed by atoms with van der Waals surface area (Å²) < 4.78 is 0.937. The Balaban J connectivity index is 1.72. The van der Waals surface area contributed by atoms with Crippen molar-refractivity contribution >= 4 is 27.3 Å². The van der Waals surface area contributed by atoms with Gasteiger partial charge in [-0.1, -0.05) is 36.1 Å². The SMILES string of the molecule is C#CC(=O)CCc1cccc(CC#Cc2cc(O)c3nc(C)sc3c2)c1. The zero-order valence-electron chi connectivity index (χ0n) is 14.4. The summed E-state index contributed by atoms with van der Waals surface area (Å²) in [6.45, 7) is 1.92. The van der Waals surface area contributed by atoms with Crippen LogP contribution in [0.25, 0.3) is 10.2 Å². The monoisotopic (exact) mass is 359 g/mol. The number of thiazole rings is 1. The average molecular weight is 359 g/mol. The minimum Gasteiger partial charge on any atom is -0.506 e. The molecular weight excluding hydrogens is 342 g/mol. The number of hydrogen-bond acceptors (Lipinski definition) is 4. The van der Waals surface area contributed by atoms with Crippen molar-refractivity contribution in [1.29, 1.82) is 0 Å². The van der Waals surface area contributed by atoms with Crippen LogP contribution in [-0.4, -0.2) is 15.9 Å². The van der Waals surface area contributed by atoms with E-state index in [1.165, 1.54) is 0 Å². The van der Waals surface area contributed by atoms with Gasteiger partial charge in [0, 0.05) is 18.4 Å². The van der Waals surface area contributed by atoms with E-state index in [0.29, 0.717) is 24.8 Å². The van der Waals surface area contributed by atoms with Crippen molar-refractivity contribution in [2.75, 3.05) is 0 Å². The van der Waals surface area contributed by atoms with Gasteiger partial charge in [-0.2, -0.15) is 0 Å². The van der Waals surface area contributed by atoms with E-state index < -0.39 is 0 Å². The molecule has 0 fully saturated rings. The van der Waals surface area contributed by atoms with Crippen LogP contribution in [0.5, 0.6) is 5.75 Å². The van der Waals surface area contributed by atoms with Crippen LogP contribution in [0.4, 0.5) is 0 Å². The number of carbonyl (C=O) groups is 1. The Morgan fingerprint density at radius 2 is 2.08 bits per heavy atom. The highest BCUT2D eigenvalue weighted by Crippen LogP contribution is 2.30. The second-order valence-electron chi connectivity index (χ2n) is 5.94. The third kappa shape index (κ3) is 4.30. The summed E-state index contributed by atoms with van der Waals surface area (Å²) in [5.74, 6) is 8.37. The van der Waals surface area contributed by atoms with E-state index in [2.05, 4.69) is 22.7 Å². The van der Waals surface area contributed by atoms with Crippen LogP contribution >= 0.6 is 11.3 Å². The maximum absolute atomic E-state index is 11.2. The first kappa shape index (κ1) is 17.7. The Morgan fingerprint density at radius 3 is 2.88 bits per heavy atom. The van der Waals surface area contributed by atoms with E-state index in [0.717, 1.165) is 26.4 Å². The van der Waals surface area contributed by atoms with Crippen LogP contribution in [-0.2, 0) is 17.6 Å². The van der Waals surface area contributed by atoms with Crippen LogP contribution in [0.1, 0.15) is 28.1 Å². The third-order valence-electron chi connectivity index (χ3n) is 3.90. The van der Waals surface area contributed by atoms with Crippen molar-refractivity contribution in [3.8, 4) is 29.9 Å². The van der Waals surface area contributed by atoms with Gasteiger partial charge in [-0.25, -0.2) is 4.98 Å². The molecule has 1 aromatic heterocycles. The van der Waals surface area contributed by atoms with E-state index >= 15 is 0 Å². The maximum Gasteiger partial charge on any atom is 0.205 e. The number of aryl methyl sites for hydroxylation is 2. The number of phenols is 1. The molecule has 0 aliphatic carbocycles. The van der Waals surface area contributed by atoms with Crippen LogP contribution in [0, 0.1) is 31.1 Å². The topological polar surface area (TPSA) is 50.2 Å². The molecule has 2 aromatic carbocycles. The fourth-order valence-electron chi connectivity index (χ4n) is 2.67. The lowest BCUT2D eigenvalue weighted by Gasteiger charge is -2.01. The van der Waals surface area contributed by atoms with Gasteiger partial charge in [-0.05, 0) is 42.5 Å². The molecule has 0 atom stereocenters. The van der Waals surface area contributed by atoms with Crippen LogP contribution < -0.4 is 0 Å². The summed E-state index contributed by atoms with van der Waals surface area (Å²) >= 11 is 1.54. The normalized spacial score (nSPS) is 10.2. The summed E-state index contributed by atoms with van der Waals surface area (Å²) in [6.07, 6.45) is 6.69. The number of phenolic OH excluding ortho intramolecular Hbond substituents is 1. The van der Waals surface area contributed by atoms with Gasteiger partial charge >= 0.3 is 0 Å². The first-order chi connectivity index (χ1) is 12.5. The molecule has 0 radical (unpaired) electrons. The second kappa shape index (κ2) is 7.87. The van der Waals surface area contributed by atoms with Gasteiger partial charge in [0.05, 0.1) is 9.71 Å². The summed E-state index contributed by atoms with van der Waals surface area (Å²) in [5.41, 5.74) is 3.57. The molecule has 128 valence electrons. The fourth-order valence-corrected chi connectivity index (χ4v) is 3.56. The molecule has 0 bridgehead atoms. The zero-order valence-corrected chi connectivity index (χ0v) is 15.2. The van der Waals surface area contributed by atoms with Gasteiger partial charge < -0.3 is 5.11 Å². The summed E-state index contributed by atoms with van der Waals surface area (Å²) in [6, 6.07) is 11.6. The lowest BCUT2D eigenvalue weighted by Crippen LogP contribution is -1.96. The van der Waals surface area contributed by atoms with Gasteiger partial charge in [0.2, 0.25) is 5.78 Å². The van der Waals surface area contributed by atoms with E-state index in [-0.39, 0.29) is 11.5 Å². The molecular formula is C22H17NO2S. The number of hydrogen-bond donors (Lipinski definition) is 1. The summed E-state index contributed by atoms with van der Waals surface area (Å²) in [5, 5.41) is 11.0. The number of Topliss-reactive ketones (excluding diaryl/α,β-unsaturated/α-hetero) is 1. The largest absolute Gasteiger partial charge is 0.506 e. The van der Waals surface area contributed by atoms with Crippen LogP contribution in [0.15, 0.2) is 36.4 Å². The minimum absolute atomic E-state index is 0.163. The van der Waals surface area contributed by atoms with Crippen LogP contribution in [0.3, 0.4) is 0 Å². The fraction of sp³-hybridized carbons (Fsp3) is 0.182. The molecule has 0 amide bonds. The number of ketones is 1. The molecule has 3 aromatic rings. The Labute approximate surface area is 156 Å². The highest BCUT2D eigenvalue weighted by atomic mass is 32.1. The molecule has 0 unspecified atom stereocenters. The average Bonchev–Trinajstić information content (AvgIpc) is 3.01. The molecule has 3 nitrogen and oxygen atoms in total. The number of terminal acetylenes is 1. The van der Waals surface area contributed by atoms with E-state index in [1.807, 2.05) is 37.3 Å². The molecule has 1 N–H and O–H groups in total. The maximum atomic E-state index is 11.2. The number of fused-ring (bicyclic) bond motifs is 1. The van der Waals surface area contributed by atoms with E-state index in [1.54, 1.807) is 17.4 Å². The highest BCUT2D eigenvalue weighted by Gasteiger charge is 2.06. The number of benzene rings is 2. The van der Waals surface area contributed by atoms with E-state index in [4.69, 9.17) is 6.42 Å².